The van der Waals surface area contributed by atoms with Crippen LogP contribution in [0, 0.1) is 5.41 Å². The third-order valence-corrected chi connectivity index (χ3v) is 3.37. The highest BCUT2D eigenvalue weighted by Crippen LogP contribution is 2.20. The number of hydrogen-bond donors (Lipinski definition) is 0. The zero-order chi connectivity index (χ0) is 19.6. The van der Waals surface area contributed by atoms with Crippen molar-refractivity contribution in [3.05, 3.63) is 24.3 Å². The van der Waals surface area contributed by atoms with Crippen molar-refractivity contribution in [3.8, 4) is 0 Å². The van der Waals surface area contributed by atoms with E-state index < -0.39 is 23.4 Å². The lowest BCUT2D eigenvalue weighted by Gasteiger charge is -2.29. The quantitative estimate of drug-likeness (QED) is 0.340. The Morgan fingerprint density at radius 2 is 1.20 bits per heavy atom. The molecule has 0 aliphatic rings. The Balaban J connectivity index is 4.94. The summed E-state index contributed by atoms with van der Waals surface area (Å²) in [7, 11) is 0. The zero-order valence-corrected chi connectivity index (χ0v) is 15.8. The van der Waals surface area contributed by atoms with Crippen LogP contribution in [0.4, 0.5) is 4.79 Å². The minimum atomic E-state index is -0.890. The summed E-state index contributed by atoms with van der Waals surface area (Å²) >= 11 is 0. The largest absolute Gasteiger partial charge is 0.461 e. The van der Waals surface area contributed by atoms with Gasteiger partial charge in [-0.1, -0.05) is 13.2 Å². The normalized spacial score (nSPS) is 10.6. The number of esters is 2. The maximum absolute atomic E-state index is 12.0. The molecule has 0 spiro atoms. The van der Waals surface area contributed by atoms with Crippen LogP contribution >= 0.6 is 0 Å². The highest BCUT2D eigenvalue weighted by Gasteiger charge is 2.31. The first-order valence-corrected chi connectivity index (χ1v) is 8.13. The molecule has 0 fully saturated rings. The van der Waals surface area contributed by atoms with Crippen molar-refractivity contribution in [1.82, 2.24) is 4.90 Å². The number of hydrogen-bond acceptors (Lipinski definition) is 6. The van der Waals surface area contributed by atoms with E-state index in [-0.39, 0.29) is 31.0 Å². The zero-order valence-electron chi connectivity index (χ0n) is 15.8. The number of ether oxygens (including phenoxy) is 3. The average molecular weight is 355 g/mol. The van der Waals surface area contributed by atoms with Gasteiger partial charge in [-0.25, -0.2) is 14.4 Å². The third kappa shape index (κ3) is 8.37. The highest BCUT2D eigenvalue weighted by molar-refractivity contribution is 5.87. The van der Waals surface area contributed by atoms with Crippen molar-refractivity contribution in [2.24, 2.45) is 5.41 Å². The van der Waals surface area contributed by atoms with Gasteiger partial charge in [-0.15, -0.1) is 0 Å². The van der Waals surface area contributed by atoms with Crippen molar-refractivity contribution in [1.29, 1.82) is 0 Å². The van der Waals surface area contributed by atoms with Crippen LogP contribution in [0.1, 0.15) is 34.6 Å². The molecule has 0 saturated carbocycles. The van der Waals surface area contributed by atoms with Crippen molar-refractivity contribution in [3.63, 3.8) is 0 Å². The summed E-state index contributed by atoms with van der Waals surface area (Å²) in [5.74, 6) is -1.12. The maximum Gasteiger partial charge on any atom is 0.409 e. The number of carbonyl (C=O) groups is 3. The summed E-state index contributed by atoms with van der Waals surface area (Å²) < 4.78 is 15.6. The van der Waals surface area contributed by atoms with Crippen LogP contribution in [0.3, 0.4) is 0 Å². The van der Waals surface area contributed by atoms with E-state index in [1.54, 1.807) is 6.92 Å². The van der Waals surface area contributed by atoms with E-state index in [1.807, 2.05) is 13.8 Å². The Labute approximate surface area is 149 Å². The second-order valence-corrected chi connectivity index (χ2v) is 6.25. The van der Waals surface area contributed by atoms with Gasteiger partial charge in [0.15, 0.2) is 0 Å². The minimum absolute atomic E-state index is 0.0741. The first-order valence-electron chi connectivity index (χ1n) is 8.13. The molecule has 1 amide bonds. The predicted octanol–water partition coefficient (Wildman–Crippen LogP) is 2.71. The lowest BCUT2D eigenvalue weighted by molar-refractivity contribution is -0.150. The van der Waals surface area contributed by atoms with Gasteiger partial charge in [0.25, 0.3) is 0 Å². The van der Waals surface area contributed by atoms with Gasteiger partial charge in [-0.3, -0.25) is 0 Å². The van der Waals surface area contributed by atoms with Gasteiger partial charge in [0, 0.05) is 24.2 Å². The summed E-state index contributed by atoms with van der Waals surface area (Å²) in [6, 6.07) is 0. The molecule has 25 heavy (non-hydrogen) atoms. The van der Waals surface area contributed by atoms with Crippen molar-refractivity contribution >= 4 is 18.0 Å². The molecule has 0 N–H and O–H groups in total. The third-order valence-electron chi connectivity index (χ3n) is 3.37. The number of amides is 1. The fourth-order valence-corrected chi connectivity index (χ4v) is 1.66. The minimum Gasteiger partial charge on any atom is -0.461 e. The summed E-state index contributed by atoms with van der Waals surface area (Å²) in [6.45, 7) is 16.2. The Morgan fingerprint density at radius 3 is 1.52 bits per heavy atom. The predicted molar refractivity (Wildman–Crippen MR) is 93.9 cm³/mol. The monoisotopic (exact) mass is 355 g/mol. The van der Waals surface area contributed by atoms with Crippen LogP contribution in [-0.2, 0) is 23.8 Å². The molecule has 0 unspecified atom stereocenters. The average Bonchev–Trinajstić information content (AvgIpc) is 2.56. The summed E-state index contributed by atoms with van der Waals surface area (Å²) in [6.07, 6.45) is -0.478. The number of rotatable bonds is 10. The van der Waals surface area contributed by atoms with Crippen LogP contribution < -0.4 is 0 Å². The number of carbonyl (C=O) groups excluding carboxylic acids is 3. The fourth-order valence-electron chi connectivity index (χ4n) is 1.66. The molecule has 142 valence electrons. The van der Waals surface area contributed by atoms with Gasteiger partial charge < -0.3 is 19.1 Å². The molecule has 0 bridgehead atoms. The SMILES string of the molecule is C=C(C)C(=O)OCC(C)(COC(=O)C(=C)C)COC(=O)N(CC)CC. The van der Waals surface area contributed by atoms with Crippen molar-refractivity contribution < 1.29 is 28.6 Å². The van der Waals surface area contributed by atoms with Gasteiger partial charge in [0.2, 0.25) is 0 Å². The van der Waals surface area contributed by atoms with Gasteiger partial charge in [0.1, 0.15) is 19.8 Å². The second-order valence-electron chi connectivity index (χ2n) is 6.25. The Hall–Kier alpha value is -2.31. The molecule has 0 aromatic rings. The van der Waals surface area contributed by atoms with E-state index in [2.05, 4.69) is 13.2 Å². The summed E-state index contributed by atoms with van der Waals surface area (Å²) in [5, 5.41) is 0. The molecule has 0 aromatic heterocycles. The van der Waals surface area contributed by atoms with Gasteiger partial charge in [-0.2, -0.15) is 0 Å². The first kappa shape index (κ1) is 22.7. The summed E-state index contributed by atoms with van der Waals surface area (Å²) in [5.41, 5.74) is -0.387. The van der Waals surface area contributed by atoms with E-state index in [9.17, 15) is 14.4 Å². The standard InChI is InChI=1S/C18H29NO6/c1-8-19(9-2)17(22)25-12-18(7,10-23-15(20)13(3)4)11-24-16(21)14(5)6/h3,5,8-12H2,1-2,4,6-7H3. The Morgan fingerprint density at radius 1 is 0.840 bits per heavy atom. The Kier molecular flexibility index (Phi) is 9.56. The topological polar surface area (TPSA) is 82.1 Å². The molecule has 0 radical (unpaired) electrons. The van der Waals surface area contributed by atoms with Crippen LogP contribution in [0.2, 0.25) is 0 Å². The molecule has 0 saturated heterocycles. The molecule has 0 aromatic carbocycles. The van der Waals surface area contributed by atoms with Crippen molar-refractivity contribution in [2.75, 3.05) is 32.9 Å². The molecule has 7 nitrogen and oxygen atoms in total. The number of nitrogens with zero attached hydrogens (tertiary/aromatic N) is 1. The van der Waals surface area contributed by atoms with E-state index in [0.717, 1.165) is 0 Å². The fraction of sp³-hybridized carbons (Fsp3) is 0.611. The Bertz CT molecular complexity index is 492. The highest BCUT2D eigenvalue weighted by atomic mass is 16.6. The second kappa shape index (κ2) is 10.5. The molecule has 0 rings (SSSR count). The van der Waals surface area contributed by atoms with Crippen molar-refractivity contribution in [2.45, 2.75) is 34.6 Å². The molecule has 0 atom stereocenters. The summed E-state index contributed by atoms with van der Waals surface area (Å²) in [4.78, 5) is 36.7. The molecule has 0 aliphatic carbocycles. The van der Waals surface area contributed by atoms with Crippen LogP contribution in [0.5, 0.6) is 0 Å². The molecule has 0 aliphatic heterocycles. The first-order chi connectivity index (χ1) is 11.6. The van der Waals surface area contributed by atoms with Crippen LogP contribution in [-0.4, -0.2) is 55.8 Å². The van der Waals surface area contributed by atoms with E-state index in [1.165, 1.54) is 18.7 Å². The van der Waals surface area contributed by atoms with Crippen LogP contribution in [0.25, 0.3) is 0 Å². The maximum atomic E-state index is 12.0. The molecular formula is C18H29NO6. The molecular weight excluding hydrogens is 326 g/mol. The van der Waals surface area contributed by atoms with Gasteiger partial charge >= 0.3 is 18.0 Å². The molecule has 7 heteroatoms. The van der Waals surface area contributed by atoms with Gasteiger partial charge in [0.05, 0.1) is 5.41 Å². The molecule has 0 heterocycles. The smallest absolute Gasteiger partial charge is 0.409 e. The van der Waals surface area contributed by atoms with Gasteiger partial charge in [-0.05, 0) is 34.6 Å². The van der Waals surface area contributed by atoms with Crippen LogP contribution in [0.15, 0.2) is 24.3 Å². The van der Waals surface area contributed by atoms with E-state index in [0.29, 0.717) is 13.1 Å². The van der Waals surface area contributed by atoms with E-state index in [4.69, 9.17) is 14.2 Å². The lowest BCUT2D eigenvalue weighted by Crippen LogP contribution is -2.39. The lowest BCUT2D eigenvalue weighted by atomic mass is 9.94. The van der Waals surface area contributed by atoms with E-state index >= 15 is 0 Å².